The molecule has 0 aliphatic carbocycles. The van der Waals surface area contributed by atoms with Crippen LogP contribution in [0, 0.1) is 12.7 Å². The molecule has 2 fully saturated rings. The maximum Gasteiger partial charge on any atom is 0.410 e. The molecule has 0 saturated carbocycles. The first-order valence-electron chi connectivity index (χ1n) is 16.0. The molecule has 3 atom stereocenters. The van der Waals surface area contributed by atoms with Crippen molar-refractivity contribution in [2.45, 2.75) is 65.3 Å². The Morgan fingerprint density at radius 1 is 1.11 bits per heavy atom. The fraction of sp³-hybridized carbons (Fsp3) is 0.529. The molecule has 47 heavy (non-hydrogen) atoms. The zero-order valence-electron chi connectivity index (χ0n) is 28.3. The van der Waals surface area contributed by atoms with Gasteiger partial charge in [-0.15, -0.1) is 0 Å². The average molecular weight is 668 g/mol. The molecule has 2 unspecified atom stereocenters. The van der Waals surface area contributed by atoms with Crippen LogP contribution in [-0.4, -0.2) is 106 Å². The quantitative estimate of drug-likeness (QED) is 0.261. The van der Waals surface area contributed by atoms with Gasteiger partial charge >= 0.3 is 12.1 Å². The smallest absolute Gasteiger partial charge is 0.410 e. The van der Waals surface area contributed by atoms with E-state index in [1.54, 1.807) is 21.8 Å². The summed E-state index contributed by atoms with van der Waals surface area (Å²) < 4.78 is 36.5. The summed E-state index contributed by atoms with van der Waals surface area (Å²) in [5.74, 6) is -0.0859. The molecule has 0 N–H and O–H groups in total. The van der Waals surface area contributed by atoms with E-state index in [2.05, 4.69) is 19.9 Å². The summed E-state index contributed by atoms with van der Waals surface area (Å²) in [5.41, 5.74) is 2.00. The maximum atomic E-state index is 17.1. The van der Waals surface area contributed by atoms with Gasteiger partial charge in [-0.25, -0.2) is 9.18 Å². The molecule has 4 aromatic rings. The number of benzene rings is 2. The molecule has 0 bridgehead atoms. The highest BCUT2D eigenvalue weighted by atomic mass is 35.5. The molecule has 2 aromatic heterocycles. The van der Waals surface area contributed by atoms with Crippen molar-refractivity contribution < 1.29 is 23.4 Å². The molecule has 11 nitrogen and oxygen atoms in total. The second kappa shape index (κ2) is 12.7. The molecule has 2 aromatic carbocycles. The lowest BCUT2D eigenvalue weighted by molar-refractivity contribution is -0.0416. The predicted molar refractivity (Wildman–Crippen MR) is 181 cm³/mol. The van der Waals surface area contributed by atoms with E-state index in [0.717, 1.165) is 23.0 Å². The van der Waals surface area contributed by atoms with E-state index < -0.39 is 11.4 Å². The summed E-state index contributed by atoms with van der Waals surface area (Å²) in [4.78, 5) is 28.5. The number of hydrogen-bond acceptors (Lipinski definition) is 9. The first kappa shape index (κ1) is 33.2. The normalized spacial score (nSPS) is 21.1. The lowest BCUT2D eigenvalue weighted by Crippen LogP contribution is -2.59. The van der Waals surface area contributed by atoms with Gasteiger partial charge in [0.15, 0.2) is 5.82 Å². The topological polar surface area (TPSA) is 98.1 Å². The van der Waals surface area contributed by atoms with Gasteiger partial charge < -0.3 is 28.9 Å². The zero-order chi connectivity index (χ0) is 33.8. The third kappa shape index (κ3) is 6.55. The van der Waals surface area contributed by atoms with Gasteiger partial charge in [-0.2, -0.15) is 15.1 Å². The molecule has 1 amide bonds. The molecule has 4 heterocycles. The van der Waals surface area contributed by atoms with Gasteiger partial charge in [0.1, 0.15) is 29.6 Å². The van der Waals surface area contributed by atoms with Crippen molar-refractivity contribution in [3.63, 3.8) is 0 Å². The maximum absolute atomic E-state index is 17.1. The van der Waals surface area contributed by atoms with E-state index in [-0.39, 0.29) is 53.0 Å². The van der Waals surface area contributed by atoms with E-state index in [4.69, 9.17) is 30.8 Å². The number of nitrogens with zero attached hydrogens (tertiary/aromatic N) is 7. The molecule has 252 valence electrons. The summed E-state index contributed by atoms with van der Waals surface area (Å²) in [6, 6.07) is 5.28. The highest BCUT2D eigenvalue weighted by molar-refractivity contribution is 6.35. The van der Waals surface area contributed by atoms with Crippen molar-refractivity contribution in [2.75, 3.05) is 51.3 Å². The number of aryl methyl sites for hydroxylation is 2. The molecule has 6 rings (SSSR count). The number of rotatable bonds is 5. The Morgan fingerprint density at radius 2 is 1.87 bits per heavy atom. The Bertz CT molecular complexity index is 1830. The lowest BCUT2D eigenvalue weighted by Gasteiger charge is -2.45. The Morgan fingerprint density at radius 3 is 2.60 bits per heavy atom. The highest BCUT2D eigenvalue weighted by Gasteiger charge is 2.37. The molecule has 2 aliphatic heterocycles. The van der Waals surface area contributed by atoms with Crippen LogP contribution in [0.5, 0.6) is 6.01 Å². The van der Waals surface area contributed by atoms with Crippen LogP contribution < -0.4 is 9.64 Å². The van der Waals surface area contributed by atoms with Gasteiger partial charge in [0.2, 0.25) is 0 Å². The molecular weight excluding hydrogens is 625 g/mol. The number of piperazine rings is 1. The summed E-state index contributed by atoms with van der Waals surface area (Å²) >= 11 is 6.99. The number of hydrogen-bond donors (Lipinski definition) is 0. The van der Waals surface area contributed by atoms with Crippen LogP contribution >= 0.6 is 11.6 Å². The van der Waals surface area contributed by atoms with Crippen LogP contribution in [0.15, 0.2) is 24.4 Å². The van der Waals surface area contributed by atoms with Gasteiger partial charge in [0.25, 0.3) is 0 Å². The zero-order valence-corrected chi connectivity index (χ0v) is 29.1. The second-order valence-electron chi connectivity index (χ2n) is 13.8. The molecule has 0 radical (unpaired) electrons. The van der Waals surface area contributed by atoms with Crippen LogP contribution in [0.1, 0.15) is 40.2 Å². The molecule has 2 saturated heterocycles. The van der Waals surface area contributed by atoms with Gasteiger partial charge in [0, 0.05) is 67.2 Å². The summed E-state index contributed by atoms with van der Waals surface area (Å²) in [5, 5.41) is 5.97. The average Bonchev–Trinajstić information content (AvgIpc) is 3.37. The largest absolute Gasteiger partial charge is 0.461 e. The number of fused-ring (bicyclic) bond motifs is 2. The summed E-state index contributed by atoms with van der Waals surface area (Å²) in [6.07, 6.45) is 1.20. The Balaban J connectivity index is 1.46. The van der Waals surface area contributed by atoms with E-state index in [1.165, 1.54) is 0 Å². The number of carbonyl (C=O) groups excluding carboxylic acids is 1. The third-order valence-electron chi connectivity index (χ3n) is 8.83. The van der Waals surface area contributed by atoms with Gasteiger partial charge in [-0.3, -0.25) is 4.68 Å². The number of aromatic nitrogens is 4. The first-order valence-corrected chi connectivity index (χ1v) is 16.4. The van der Waals surface area contributed by atoms with Crippen molar-refractivity contribution in [2.24, 2.45) is 7.05 Å². The molecular formula is C34H43ClFN7O4. The fourth-order valence-electron chi connectivity index (χ4n) is 6.49. The van der Waals surface area contributed by atoms with Gasteiger partial charge in [-0.05, 0) is 60.2 Å². The van der Waals surface area contributed by atoms with Crippen molar-refractivity contribution in [1.29, 1.82) is 0 Å². The summed E-state index contributed by atoms with van der Waals surface area (Å²) in [6.45, 7) is 14.6. The first-order chi connectivity index (χ1) is 22.2. The SMILES string of the molecule is Cc1ccc2cnn(C)c2c1-c1c(Cl)cc2c(N3CC(C)N(C(=O)OC(C)(C)C)CC3C)nc(OC[C@@H]3CN(C)CCO3)nc2c1F. The Hall–Kier alpha value is -3.74. The highest BCUT2D eigenvalue weighted by Crippen LogP contribution is 2.43. The minimum absolute atomic E-state index is 0.0430. The number of ether oxygens (including phenoxy) is 3. The number of halogens is 2. The fourth-order valence-corrected chi connectivity index (χ4v) is 6.77. The van der Waals surface area contributed by atoms with Crippen molar-refractivity contribution >= 4 is 45.3 Å². The van der Waals surface area contributed by atoms with Crippen molar-refractivity contribution in [1.82, 2.24) is 29.5 Å². The van der Waals surface area contributed by atoms with E-state index in [0.29, 0.717) is 43.0 Å². The van der Waals surface area contributed by atoms with Crippen LogP contribution in [0.3, 0.4) is 0 Å². The molecule has 0 spiro atoms. The lowest BCUT2D eigenvalue weighted by atomic mass is 9.96. The van der Waals surface area contributed by atoms with Crippen LogP contribution in [-0.2, 0) is 16.5 Å². The second-order valence-corrected chi connectivity index (χ2v) is 14.2. The van der Waals surface area contributed by atoms with Crippen LogP contribution in [0.2, 0.25) is 5.02 Å². The number of amides is 1. The predicted octanol–water partition coefficient (Wildman–Crippen LogP) is 5.83. The van der Waals surface area contributed by atoms with E-state index in [1.807, 2.05) is 67.8 Å². The van der Waals surface area contributed by atoms with Gasteiger partial charge in [0.05, 0.1) is 23.3 Å². The summed E-state index contributed by atoms with van der Waals surface area (Å²) in [7, 11) is 3.86. The van der Waals surface area contributed by atoms with Crippen LogP contribution in [0.25, 0.3) is 32.9 Å². The minimum Gasteiger partial charge on any atom is -0.461 e. The Kier molecular flexibility index (Phi) is 8.96. The van der Waals surface area contributed by atoms with E-state index >= 15 is 4.39 Å². The standard InChI is InChI=1S/C34H43ClFN7O4/c1-19-9-10-22-14-37-41(8)30(22)26(19)27-25(35)13-24-29(28(27)36)38-32(46-18-23-17-40(7)11-12-45-23)39-31(24)42-15-21(3)43(16-20(42)2)33(44)47-34(4,5)6/h9-10,13-14,20-21,23H,11-12,15-18H2,1-8H3/t20?,21?,23-/m0/s1. The van der Waals surface area contributed by atoms with E-state index in [9.17, 15) is 4.79 Å². The number of likely N-dealkylation sites (N-methyl/N-ethyl adjacent to an activating group) is 1. The minimum atomic E-state index is -0.618. The molecule has 2 aliphatic rings. The number of anilines is 1. The molecule has 13 heteroatoms. The Labute approximate surface area is 279 Å². The van der Waals surface area contributed by atoms with Crippen molar-refractivity contribution in [3.8, 4) is 17.1 Å². The number of morpholine rings is 1. The van der Waals surface area contributed by atoms with Crippen molar-refractivity contribution in [3.05, 3.63) is 40.8 Å². The third-order valence-corrected chi connectivity index (χ3v) is 9.13. The van der Waals surface area contributed by atoms with Gasteiger partial charge in [-0.1, -0.05) is 23.7 Å². The monoisotopic (exact) mass is 667 g/mol. The number of carbonyl (C=O) groups is 1. The van der Waals surface area contributed by atoms with Crippen LogP contribution in [0.4, 0.5) is 15.0 Å².